The predicted octanol–water partition coefficient (Wildman–Crippen LogP) is 3.60. The number of halogens is 2. The number of ether oxygens (including phenoxy) is 1. The van der Waals surface area contributed by atoms with Gasteiger partial charge in [-0.1, -0.05) is 0 Å². The molecule has 2 unspecified atom stereocenters. The number of carboxylic acid groups (broad SMARTS) is 1. The Hall–Kier alpha value is -1.58. The molecule has 0 radical (unpaired) electrons. The first-order chi connectivity index (χ1) is 15.9. The van der Waals surface area contributed by atoms with Gasteiger partial charge in [0.25, 0.3) is 0 Å². The molecule has 1 aromatic heterocycles. The van der Waals surface area contributed by atoms with E-state index in [9.17, 15) is 19.1 Å². The van der Waals surface area contributed by atoms with Gasteiger partial charge in [-0.05, 0) is 83.3 Å². The minimum absolute atomic E-state index is 0.0250. The van der Waals surface area contributed by atoms with E-state index in [1.165, 1.54) is 0 Å². The number of aromatic nitrogens is 1. The van der Waals surface area contributed by atoms with Crippen molar-refractivity contribution in [1.82, 2.24) is 9.88 Å². The van der Waals surface area contributed by atoms with Crippen molar-refractivity contribution >= 4 is 33.5 Å². The number of hydrogen-bond acceptors (Lipinski definition) is 5. The van der Waals surface area contributed by atoms with Crippen molar-refractivity contribution in [3.05, 3.63) is 22.9 Å². The van der Waals surface area contributed by atoms with E-state index >= 15 is 0 Å². The molecule has 1 aromatic rings. The van der Waals surface area contributed by atoms with E-state index in [2.05, 4.69) is 31.1 Å². The maximum Gasteiger partial charge on any atom is 0.307 e. The smallest absolute Gasteiger partial charge is 0.307 e. The Balaban J connectivity index is 1.17. The van der Waals surface area contributed by atoms with Gasteiger partial charge in [-0.3, -0.25) is 14.5 Å². The zero-order valence-electron chi connectivity index (χ0n) is 18.6. The van der Waals surface area contributed by atoms with Crippen molar-refractivity contribution in [3.8, 4) is 0 Å². The van der Waals surface area contributed by atoms with Crippen LogP contribution in [0.4, 0.5) is 10.1 Å². The molecule has 180 valence electrons. The van der Waals surface area contributed by atoms with Gasteiger partial charge in [0, 0.05) is 26.2 Å². The molecule has 7 atom stereocenters. The van der Waals surface area contributed by atoms with Crippen molar-refractivity contribution < 1.29 is 23.8 Å². The van der Waals surface area contributed by atoms with Crippen molar-refractivity contribution in [1.29, 1.82) is 0 Å². The number of pyridine rings is 1. The monoisotopic (exact) mass is 523 g/mol. The Morgan fingerprint density at radius 1 is 1.24 bits per heavy atom. The van der Waals surface area contributed by atoms with Gasteiger partial charge in [-0.15, -0.1) is 0 Å². The fourth-order valence-corrected chi connectivity index (χ4v) is 7.44. The average Bonchev–Trinajstić information content (AvgIpc) is 3.02. The Morgan fingerprint density at radius 2 is 2.03 bits per heavy atom. The molecule has 1 spiro atoms. The molecule has 4 aliphatic rings. The molecule has 2 heterocycles. The van der Waals surface area contributed by atoms with Gasteiger partial charge in [0.05, 0.1) is 30.3 Å². The van der Waals surface area contributed by atoms with Crippen molar-refractivity contribution in [2.45, 2.75) is 38.3 Å². The lowest BCUT2D eigenvalue weighted by atomic mass is 9.78. The van der Waals surface area contributed by atoms with Crippen molar-refractivity contribution in [3.63, 3.8) is 0 Å². The first-order valence-electron chi connectivity index (χ1n) is 12.0. The van der Waals surface area contributed by atoms with Gasteiger partial charge in [0.2, 0.25) is 5.91 Å². The highest BCUT2D eigenvalue weighted by atomic mass is 79.9. The van der Waals surface area contributed by atoms with E-state index in [-0.39, 0.29) is 23.2 Å². The van der Waals surface area contributed by atoms with Crippen LogP contribution < -0.4 is 5.32 Å². The molecule has 9 heteroatoms. The lowest BCUT2D eigenvalue weighted by Crippen LogP contribution is -2.37. The highest BCUT2D eigenvalue weighted by molar-refractivity contribution is 9.10. The molecule has 1 saturated heterocycles. The lowest BCUT2D eigenvalue weighted by Gasteiger charge is -2.26. The zero-order chi connectivity index (χ0) is 23.2. The summed E-state index contributed by atoms with van der Waals surface area (Å²) in [6.07, 6.45) is 5.19. The average molecular weight is 524 g/mol. The number of aliphatic carboxylic acids is 1. The number of hydrogen-bond donors (Lipinski definition) is 2. The number of anilines is 1. The number of nitrogens with zero attached hydrogens (tertiary/aromatic N) is 2. The molecule has 33 heavy (non-hydrogen) atoms. The second-order valence-electron chi connectivity index (χ2n) is 10.1. The third kappa shape index (κ3) is 4.32. The summed E-state index contributed by atoms with van der Waals surface area (Å²) in [5.74, 6) is -1.57. The number of nitrogens with one attached hydrogen (secondary N) is 1. The van der Waals surface area contributed by atoms with Crippen LogP contribution in [-0.2, 0) is 14.3 Å². The highest BCUT2D eigenvalue weighted by Crippen LogP contribution is 2.78. The Kier molecular flexibility index (Phi) is 6.48. The van der Waals surface area contributed by atoms with Crippen LogP contribution in [-0.4, -0.2) is 65.9 Å². The van der Waals surface area contributed by atoms with E-state index in [4.69, 9.17) is 4.74 Å². The molecule has 1 amide bonds. The molecular formula is C24H31BrFN3O4. The molecule has 4 fully saturated rings. The number of likely N-dealkylation sites (tertiary alicyclic amines) is 1. The highest BCUT2D eigenvalue weighted by Gasteiger charge is 2.75. The van der Waals surface area contributed by atoms with Gasteiger partial charge < -0.3 is 15.2 Å². The Labute approximate surface area is 201 Å². The maximum absolute atomic E-state index is 13.3. The molecule has 2 N–H and O–H groups in total. The zero-order valence-corrected chi connectivity index (χ0v) is 20.2. The summed E-state index contributed by atoms with van der Waals surface area (Å²) in [5, 5.41) is 12.9. The van der Waals surface area contributed by atoms with E-state index in [0.29, 0.717) is 42.4 Å². The fourth-order valence-electron chi connectivity index (χ4n) is 7.20. The number of alkyl halides is 1. The summed E-state index contributed by atoms with van der Waals surface area (Å²) >= 11 is 3.28. The number of carbonyl (C=O) groups excluding carboxylic acids is 1. The molecule has 3 aliphatic carbocycles. The Bertz CT molecular complexity index is 902. The third-order valence-corrected chi connectivity index (χ3v) is 9.05. The molecule has 5 rings (SSSR count). The quantitative estimate of drug-likeness (QED) is 0.379. The van der Waals surface area contributed by atoms with E-state index in [1.807, 2.05) is 0 Å². The van der Waals surface area contributed by atoms with Crippen LogP contribution in [0.1, 0.15) is 32.1 Å². The topological polar surface area (TPSA) is 91.8 Å². The normalized spacial score (nSPS) is 37.0. The van der Waals surface area contributed by atoms with Crippen LogP contribution in [0.25, 0.3) is 0 Å². The molecule has 3 saturated carbocycles. The van der Waals surface area contributed by atoms with Gasteiger partial charge in [-0.25, -0.2) is 9.37 Å². The second kappa shape index (κ2) is 9.23. The minimum Gasteiger partial charge on any atom is -0.481 e. The molecule has 2 bridgehead atoms. The summed E-state index contributed by atoms with van der Waals surface area (Å²) in [4.78, 5) is 31.7. The standard InChI is InChI=1S/C24H31BrFN3O4/c25-19-4-1-16(12-27-19)28-22(30)20-17-2-3-18(21(20)23(31)32)24(17)11-14(24)6-9-33-10-8-29-7-5-15(26)13-29/h1,4,12,14-15,17-18,20-21H,2-3,5-11,13H2,(H,28,30)(H,31,32)/t14?,15?,17-,18+,20+,21+,24-/m0/s1. The lowest BCUT2D eigenvalue weighted by molar-refractivity contribution is -0.148. The second-order valence-corrected chi connectivity index (χ2v) is 11.0. The first kappa shape index (κ1) is 23.2. The van der Waals surface area contributed by atoms with Gasteiger partial charge in [-0.2, -0.15) is 0 Å². The Morgan fingerprint density at radius 3 is 2.70 bits per heavy atom. The van der Waals surface area contributed by atoms with Crippen molar-refractivity contribution in [2.75, 3.05) is 38.2 Å². The van der Waals surface area contributed by atoms with Crippen molar-refractivity contribution in [2.24, 2.45) is 35.0 Å². The predicted molar refractivity (Wildman–Crippen MR) is 123 cm³/mol. The molecule has 0 aromatic carbocycles. The summed E-state index contributed by atoms with van der Waals surface area (Å²) in [7, 11) is 0. The SMILES string of the molecule is O=C(O)[C@H]1[C@H](C(=O)Nc2ccc(Br)nc2)[C@@H]2CC[C@H]1[C@]21CC1CCOCCN1CCC(F)C1. The van der Waals surface area contributed by atoms with E-state index < -0.39 is 24.0 Å². The van der Waals surface area contributed by atoms with Crippen LogP contribution in [0.3, 0.4) is 0 Å². The minimum atomic E-state index is -0.852. The largest absolute Gasteiger partial charge is 0.481 e. The molecule has 7 nitrogen and oxygen atoms in total. The number of carbonyl (C=O) groups is 2. The summed E-state index contributed by atoms with van der Waals surface area (Å²) in [6.45, 7) is 3.31. The van der Waals surface area contributed by atoms with Crippen LogP contribution >= 0.6 is 15.9 Å². The molecular weight excluding hydrogens is 493 g/mol. The number of rotatable bonds is 9. The molecule has 1 aliphatic heterocycles. The van der Waals surface area contributed by atoms with E-state index in [1.54, 1.807) is 18.3 Å². The third-order valence-electron chi connectivity index (χ3n) is 8.58. The van der Waals surface area contributed by atoms with Gasteiger partial charge in [0.1, 0.15) is 10.8 Å². The van der Waals surface area contributed by atoms with Gasteiger partial charge >= 0.3 is 5.97 Å². The summed E-state index contributed by atoms with van der Waals surface area (Å²) in [5.41, 5.74) is 0.560. The summed E-state index contributed by atoms with van der Waals surface area (Å²) in [6, 6.07) is 3.52. The van der Waals surface area contributed by atoms with Crippen LogP contribution in [0.2, 0.25) is 0 Å². The maximum atomic E-state index is 13.3. The first-order valence-corrected chi connectivity index (χ1v) is 12.8. The van der Waals surface area contributed by atoms with E-state index in [0.717, 1.165) is 38.8 Å². The van der Waals surface area contributed by atoms with Crippen LogP contribution in [0, 0.1) is 35.0 Å². The summed E-state index contributed by atoms with van der Waals surface area (Å²) < 4.78 is 19.8. The van der Waals surface area contributed by atoms with Gasteiger partial charge in [0.15, 0.2) is 0 Å². The fraction of sp³-hybridized carbons (Fsp3) is 0.708. The number of amides is 1. The van der Waals surface area contributed by atoms with Crippen LogP contribution in [0.15, 0.2) is 22.9 Å². The van der Waals surface area contributed by atoms with Crippen LogP contribution in [0.5, 0.6) is 0 Å². The number of carboxylic acids is 1.